The molecule has 1 amide bonds. The van der Waals surface area contributed by atoms with Crippen LogP contribution in [0.25, 0.3) is 0 Å². The fourth-order valence-electron chi connectivity index (χ4n) is 1.13. The Hall–Kier alpha value is -1.84. The first-order chi connectivity index (χ1) is 6.66. The van der Waals surface area contributed by atoms with Crippen LogP contribution in [-0.4, -0.2) is 17.4 Å². The van der Waals surface area contributed by atoms with Crippen LogP contribution in [0, 0.1) is 0 Å². The average molecular weight is 191 g/mol. The standard InChI is InChI=1S/C10H13N3O/c1-3-7-13(8(2)14)10-9(11)5-4-6-12-10/h3-6H,1,7,11H2,2H3. The third-order valence-electron chi connectivity index (χ3n) is 1.76. The predicted molar refractivity (Wildman–Crippen MR) is 56.9 cm³/mol. The molecular formula is C10H13N3O. The van der Waals surface area contributed by atoms with Gasteiger partial charge >= 0.3 is 0 Å². The van der Waals surface area contributed by atoms with Gasteiger partial charge < -0.3 is 5.73 Å². The summed E-state index contributed by atoms with van der Waals surface area (Å²) in [6.07, 6.45) is 3.24. The summed E-state index contributed by atoms with van der Waals surface area (Å²) in [7, 11) is 0. The molecule has 0 unspecified atom stereocenters. The van der Waals surface area contributed by atoms with Crippen molar-refractivity contribution in [2.75, 3.05) is 17.2 Å². The van der Waals surface area contributed by atoms with Crippen molar-refractivity contribution in [2.45, 2.75) is 6.92 Å². The second-order valence-corrected chi connectivity index (χ2v) is 2.83. The minimum absolute atomic E-state index is 0.102. The number of nitrogen functional groups attached to an aromatic ring is 1. The maximum Gasteiger partial charge on any atom is 0.225 e. The van der Waals surface area contributed by atoms with Gasteiger partial charge in [0.2, 0.25) is 5.91 Å². The van der Waals surface area contributed by atoms with Gasteiger partial charge in [0.15, 0.2) is 5.82 Å². The van der Waals surface area contributed by atoms with Gasteiger partial charge in [-0.05, 0) is 12.1 Å². The Kier molecular flexibility index (Phi) is 3.23. The Balaban J connectivity index is 3.04. The molecule has 2 N–H and O–H groups in total. The predicted octanol–water partition coefficient (Wildman–Crippen LogP) is 1.20. The molecule has 1 rings (SSSR count). The first kappa shape index (κ1) is 10.2. The van der Waals surface area contributed by atoms with Gasteiger partial charge in [-0.3, -0.25) is 9.69 Å². The van der Waals surface area contributed by atoms with Gasteiger partial charge in [0, 0.05) is 19.7 Å². The third kappa shape index (κ3) is 2.10. The monoisotopic (exact) mass is 191 g/mol. The Labute approximate surface area is 83.0 Å². The van der Waals surface area contributed by atoms with Crippen LogP contribution in [0.4, 0.5) is 11.5 Å². The van der Waals surface area contributed by atoms with E-state index in [1.165, 1.54) is 11.8 Å². The van der Waals surface area contributed by atoms with Crippen LogP contribution in [0.15, 0.2) is 31.0 Å². The molecule has 0 aliphatic rings. The van der Waals surface area contributed by atoms with Crippen LogP contribution < -0.4 is 10.6 Å². The molecule has 1 aromatic heterocycles. The normalized spacial score (nSPS) is 9.50. The number of carbonyl (C=O) groups excluding carboxylic acids is 1. The number of hydrogen-bond acceptors (Lipinski definition) is 3. The van der Waals surface area contributed by atoms with Crippen molar-refractivity contribution in [3.8, 4) is 0 Å². The Bertz CT molecular complexity index is 349. The zero-order valence-corrected chi connectivity index (χ0v) is 8.10. The fraction of sp³-hybridized carbons (Fsp3) is 0.200. The van der Waals surface area contributed by atoms with Gasteiger partial charge in [0.05, 0.1) is 5.69 Å². The number of nitrogens with zero attached hydrogens (tertiary/aromatic N) is 2. The molecule has 0 saturated heterocycles. The van der Waals surface area contributed by atoms with Crippen molar-refractivity contribution in [3.05, 3.63) is 31.0 Å². The van der Waals surface area contributed by atoms with E-state index in [4.69, 9.17) is 5.73 Å². The van der Waals surface area contributed by atoms with Gasteiger partial charge in [-0.15, -0.1) is 6.58 Å². The molecule has 0 fully saturated rings. The van der Waals surface area contributed by atoms with Gasteiger partial charge in [0.1, 0.15) is 0 Å². The number of nitrogens with two attached hydrogens (primary N) is 1. The summed E-state index contributed by atoms with van der Waals surface area (Å²) >= 11 is 0. The Morgan fingerprint density at radius 3 is 3.00 bits per heavy atom. The smallest absolute Gasteiger partial charge is 0.225 e. The zero-order valence-electron chi connectivity index (χ0n) is 8.10. The topological polar surface area (TPSA) is 59.2 Å². The molecule has 0 spiro atoms. The van der Waals surface area contributed by atoms with Crippen molar-refractivity contribution < 1.29 is 4.79 Å². The summed E-state index contributed by atoms with van der Waals surface area (Å²) in [5, 5.41) is 0. The molecule has 0 aromatic carbocycles. The number of rotatable bonds is 3. The Morgan fingerprint density at radius 1 is 1.79 bits per heavy atom. The molecule has 14 heavy (non-hydrogen) atoms. The van der Waals surface area contributed by atoms with E-state index in [1.807, 2.05) is 0 Å². The second kappa shape index (κ2) is 4.41. The van der Waals surface area contributed by atoms with Crippen LogP contribution >= 0.6 is 0 Å². The van der Waals surface area contributed by atoms with Gasteiger partial charge in [0.25, 0.3) is 0 Å². The molecular weight excluding hydrogens is 178 g/mol. The molecule has 0 bridgehead atoms. The molecule has 74 valence electrons. The number of amides is 1. The minimum Gasteiger partial charge on any atom is -0.396 e. The van der Waals surface area contributed by atoms with E-state index < -0.39 is 0 Å². The molecule has 0 atom stereocenters. The van der Waals surface area contributed by atoms with E-state index >= 15 is 0 Å². The van der Waals surface area contributed by atoms with Crippen LogP contribution in [0.2, 0.25) is 0 Å². The lowest BCUT2D eigenvalue weighted by Crippen LogP contribution is -2.30. The molecule has 1 aromatic rings. The summed E-state index contributed by atoms with van der Waals surface area (Å²) in [5.41, 5.74) is 6.19. The van der Waals surface area contributed by atoms with E-state index in [2.05, 4.69) is 11.6 Å². The number of pyridine rings is 1. The number of hydrogen-bond donors (Lipinski definition) is 1. The highest BCUT2D eigenvalue weighted by Crippen LogP contribution is 2.18. The van der Waals surface area contributed by atoms with E-state index in [0.717, 1.165) is 0 Å². The van der Waals surface area contributed by atoms with Crippen molar-refractivity contribution in [1.82, 2.24) is 4.98 Å². The summed E-state index contributed by atoms with van der Waals surface area (Å²) in [6.45, 7) is 5.46. The van der Waals surface area contributed by atoms with Crippen molar-refractivity contribution in [3.63, 3.8) is 0 Å². The summed E-state index contributed by atoms with van der Waals surface area (Å²) < 4.78 is 0. The first-order valence-corrected chi connectivity index (χ1v) is 4.26. The Morgan fingerprint density at radius 2 is 2.50 bits per heavy atom. The van der Waals surface area contributed by atoms with Crippen LogP contribution in [0.1, 0.15) is 6.92 Å². The third-order valence-corrected chi connectivity index (χ3v) is 1.76. The van der Waals surface area contributed by atoms with Gasteiger partial charge in [-0.25, -0.2) is 4.98 Å². The second-order valence-electron chi connectivity index (χ2n) is 2.83. The molecule has 4 nitrogen and oxygen atoms in total. The maximum absolute atomic E-state index is 11.3. The average Bonchev–Trinajstić information content (AvgIpc) is 2.15. The summed E-state index contributed by atoms with van der Waals surface area (Å²) in [6, 6.07) is 3.44. The highest BCUT2D eigenvalue weighted by molar-refractivity contribution is 5.93. The quantitative estimate of drug-likeness (QED) is 0.730. The van der Waals surface area contributed by atoms with Crippen LogP contribution in [0.3, 0.4) is 0 Å². The molecule has 0 saturated carbocycles. The molecule has 0 aliphatic heterocycles. The van der Waals surface area contributed by atoms with Crippen molar-refractivity contribution in [1.29, 1.82) is 0 Å². The lowest BCUT2D eigenvalue weighted by molar-refractivity contribution is -0.116. The van der Waals surface area contributed by atoms with Crippen LogP contribution in [-0.2, 0) is 4.79 Å². The van der Waals surface area contributed by atoms with Crippen molar-refractivity contribution >= 4 is 17.4 Å². The molecule has 0 aliphatic carbocycles. The zero-order chi connectivity index (χ0) is 10.6. The van der Waals surface area contributed by atoms with E-state index in [-0.39, 0.29) is 5.91 Å². The van der Waals surface area contributed by atoms with Gasteiger partial charge in [-0.2, -0.15) is 0 Å². The van der Waals surface area contributed by atoms with Crippen LogP contribution in [0.5, 0.6) is 0 Å². The first-order valence-electron chi connectivity index (χ1n) is 4.26. The largest absolute Gasteiger partial charge is 0.396 e. The highest BCUT2D eigenvalue weighted by atomic mass is 16.2. The van der Waals surface area contributed by atoms with E-state index in [0.29, 0.717) is 18.1 Å². The number of carbonyl (C=O) groups is 1. The lowest BCUT2D eigenvalue weighted by Gasteiger charge is -2.19. The summed E-state index contributed by atoms with van der Waals surface area (Å²) in [4.78, 5) is 16.8. The molecule has 0 radical (unpaired) electrons. The summed E-state index contributed by atoms with van der Waals surface area (Å²) in [5.74, 6) is 0.384. The molecule has 1 heterocycles. The number of aromatic nitrogens is 1. The highest BCUT2D eigenvalue weighted by Gasteiger charge is 2.12. The minimum atomic E-state index is -0.102. The lowest BCUT2D eigenvalue weighted by atomic mass is 10.3. The maximum atomic E-state index is 11.3. The molecule has 4 heteroatoms. The van der Waals surface area contributed by atoms with Crippen molar-refractivity contribution in [2.24, 2.45) is 0 Å². The van der Waals surface area contributed by atoms with E-state index in [9.17, 15) is 4.79 Å². The fourth-order valence-corrected chi connectivity index (χ4v) is 1.13. The van der Waals surface area contributed by atoms with Gasteiger partial charge in [-0.1, -0.05) is 6.08 Å². The van der Waals surface area contributed by atoms with E-state index in [1.54, 1.807) is 24.4 Å². The SMILES string of the molecule is C=CCN(C(C)=O)c1ncccc1N. The number of anilines is 2.